The van der Waals surface area contributed by atoms with Gasteiger partial charge in [-0.3, -0.25) is 19.3 Å². The third-order valence-corrected chi connectivity index (χ3v) is 3.28. The van der Waals surface area contributed by atoms with Gasteiger partial charge in [0.2, 0.25) is 17.7 Å². The zero-order valence-electron chi connectivity index (χ0n) is 12.0. The number of rotatable bonds is 5. The number of anilines is 1. The van der Waals surface area contributed by atoms with Gasteiger partial charge in [0.15, 0.2) is 0 Å². The predicted octanol–water partition coefficient (Wildman–Crippen LogP) is 1.01. The average molecular weight is 289 g/mol. The molecule has 1 atom stereocenters. The number of nitrogens with zero attached hydrogens (tertiary/aromatic N) is 1. The van der Waals surface area contributed by atoms with Gasteiger partial charge in [-0.2, -0.15) is 0 Å². The van der Waals surface area contributed by atoms with Crippen molar-refractivity contribution in [2.24, 2.45) is 5.73 Å². The summed E-state index contributed by atoms with van der Waals surface area (Å²) >= 11 is 0. The summed E-state index contributed by atoms with van der Waals surface area (Å²) in [6.45, 7) is 1.94. The summed E-state index contributed by atoms with van der Waals surface area (Å²) in [4.78, 5) is 36.4. The predicted molar refractivity (Wildman–Crippen MR) is 78.1 cm³/mol. The highest BCUT2D eigenvalue weighted by Crippen LogP contribution is 2.21. The van der Waals surface area contributed by atoms with Gasteiger partial charge in [-0.25, -0.2) is 0 Å². The number of amides is 3. The van der Waals surface area contributed by atoms with E-state index in [1.54, 1.807) is 25.1 Å². The lowest BCUT2D eigenvalue weighted by Crippen LogP contribution is -2.29. The molecule has 0 saturated carbocycles. The van der Waals surface area contributed by atoms with Crippen molar-refractivity contribution in [3.63, 3.8) is 0 Å². The van der Waals surface area contributed by atoms with E-state index in [9.17, 15) is 14.4 Å². The largest absolute Gasteiger partial charge is 0.327 e. The molecule has 112 valence electrons. The van der Waals surface area contributed by atoms with Crippen LogP contribution in [0.25, 0.3) is 0 Å². The van der Waals surface area contributed by atoms with Gasteiger partial charge in [0.25, 0.3) is 0 Å². The van der Waals surface area contributed by atoms with Crippen molar-refractivity contribution in [3.8, 4) is 0 Å². The van der Waals surface area contributed by atoms with Crippen LogP contribution >= 0.6 is 0 Å². The summed E-state index contributed by atoms with van der Waals surface area (Å²) in [5.41, 5.74) is 6.94. The maximum absolute atomic E-state index is 11.8. The van der Waals surface area contributed by atoms with Crippen LogP contribution in [0.4, 0.5) is 5.69 Å². The molecule has 2 rings (SSSR count). The number of nitrogens with one attached hydrogen (secondary N) is 1. The van der Waals surface area contributed by atoms with Crippen LogP contribution in [0.5, 0.6) is 0 Å². The summed E-state index contributed by atoms with van der Waals surface area (Å²) in [6.07, 6.45) is 0.742. The van der Waals surface area contributed by atoms with Crippen molar-refractivity contribution in [2.75, 3.05) is 5.32 Å². The van der Waals surface area contributed by atoms with Crippen LogP contribution in [0.3, 0.4) is 0 Å². The molecule has 3 amide bonds. The summed E-state index contributed by atoms with van der Waals surface area (Å²) in [7, 11) is 0. The molecular formula is C15H19N3O3. The van der Waals surface area contributed by atoms with Gasteiger partial charge in [0.05, 0.1) is 6.54 Å². The van der Waals surface area contributed by atoms with Crippen LogP contribution in [-0.2, 0) is 20.9 Å². The van der Waals surface area contributed by atoms with Gasteiger partial charge in [0.1, 0.15) is 0 Å². The molecule has 0 spiro atoms. The monoisotopic (exact) mass is 289 g/mol. The molecule has 1 aliphatic heterocycles. The Kier molecular flexibility index (Phi) is 4.70. The molecule has 0 radical (unpaired) electrons. The summed E-state index contributed by atoms with van der Waals surface area (Å²) in [6, 6.07) is 6.92. The highest BCUT2D eigenvalue weighted by Gasteiger charge is 2.29. The van der Waals surface area contributed by atoms with Crippen LogP contribution in [0, 0.1) is 0 Å². The molecule has 3 N–H and O–H groups in total. The van der Waals surface area contributed by atoms with E-state index in [1.165, 1.54) is 4.90 Å². The number of imide groups is 1. The van der Waals surface area contributed by atoms with Crippen molar-refractivity contribution in [3.05, 3.63) is 29.8 Å². The topological polar surface area (TPSA) is 92.5 Å². The fraction of sp³-hybridized carbons (Fsp3) is 0.400. The second-order valence-corrected chi connectivity index (χ2v) is 5.26. The maximum atomic E-state index is 11.8. The fourth-order valence-electron chi connectivity index (χ4n) is 2.24. The Labute approximate surface area is 123 Å². The van der Waals surface area contributed by atoms with E-state index < -0.39 is 0 Å². The van der Waals surface area contributed by atoms with E-state index in [0.717, 1.165) is 5.56 Å². The van der Waals surface area contributed by atoms with Gasteiger partial charge in [-0.05, 0) is 18.6 Å². The minimum absolute atomic E-state index is 0.170. The van der Waals surface area contributed by atoms with E-state index >= 15 is 0 Å². The fourth-order valence-corrected chi connectivity index (χ4v) is 2.24. The van der Waals surface area contributed by atoms with E-state index in [0.29, 0.717) is 5.69 Å². The molecule has 21 heavy (non-hydrogen) atoms. The van der Waals surface area contributed by atoms with Gasteiger partial charge < -0.3 is 11.1 Å². The van der Waals surface area contributed by atoms with E-state index in [4.69, 9.17) is 5.73 Å². The van der Waals surface area contributed by atoms with Crippen LogP contribution in [-0.4, -0.2) is 28.7 Å². The minimum Gasteiger partial charge on any atom is -0.327 e. The molecule has 1 fully saturated rings. The Bertz CT molecular complexity index is 553. The first-order chi connectivity index (χ1) is 9.97. The molecule has 1 heterocycles. The van der Waals surface area contributed by atoms with Gasteiger partial charge in [-0.1, -0.05) is 18.2 Å². The minimum atomic E-state index is -0.223. The molecule has 1 aromatic rings. The van der Waals surface area contributed by atoms with Gasteiger partial charge >= 0.3 is 0 Å². The Morgan fingerprint density at radius 3 is 2.52 bits per heavy atom. The number of carbonyl (C=O) groups is 3. The first kappa shape index (κ1) is 15.2. The Balaban J connectivity index is 2.11. The number of likely N-dealkylation sites (tertiary alicyclic amines) is 1. The molecule has 6 heteroatoms. The molecule has 0 unspecified atom stereocenters. The van der Waals surface area contributed by atoms with Crippen LogP contribution in [0.1, 0.15) is 31.7 Å². The lowest BCUT2D eigenvalue weighted by molar-refractivity contribution is -0.139. The Morgan fingerprint density at radius 2 is 1.90 bits per heavy atom. The van der Waals surface area contributed by atoms with E-state index in [-0.39, 0.29) is 49.6 Å². The van der Waals surface area contributed by atoms with Crippen molar-refractivity contribution < 1.29 is 14.4 Å². The molecular weight excluding hydrogens is 270 g/mol. The number of hydrogen-bond donors (Lipinski definition) is 2. The Morgan fingerprint density at radius 1 is 1.29 bits per heavy atom. The summed E-state index contributed by atoms with van der Waals surface area (Å²) in [5.74, 6) is -0.523. The second-order valence-electron chi connectivity index (χ2n) is 5.26. The molecule has 1 saturated heterocycles. The highest BCUT2D eigenvalue weighted by atomic mass is 16.2. The van der Waals surface area contributed by atoms with Gasteiger partial charge in [-0.15, -0.1) is 0 Å². The van der Waals surface area contributed by atoms with Crippen LogP contribution < -0.4 is 11.1 Å². The molecule has 0 aromatic heterocycles. The third-order valence-electron chi connectivity index (χ3n) is 3.28. The number of para-hydroxylation sites is 1. The lowest BCUT2D eigenvalue weighted by Gasteiger charge is -2.17. The summed E-state index contributed by atoms with van der Waals surface area (Å²) in [5, 5.41) is 2.78. The second kappa shape index (κ2) is 6.49. The molecule has 0 bridgehead atoms. The SMILES string of the molecule is C[C@@H](N)CC(=O)Nc1ccccc1CN1C(=O)CCC1=O. The van der Waals surface area contributed by atoms with E-state index in [1.807, 2.05) is 6.07 Å². The molecule has 1 aromatic carbocycles. The Hall–Kier alpha value is -2.21. The molecule has 1 aliphatic rings. The first-order valence-corrected chi connectivity index (χ1v) is 6.94. The number of benzene rings is 1. The van der Waals surface area contributed by atoms with Crippen molar-refractivity contribution >= 4 is 23.4 Å². The zero-order valence-corrected chi connectivity index (χ0v) is 12.0. The normalized spacial score (nSPS) is 16.2. The zero-order chi connectivity index (χ0) is 15.4. The standard InChI is InChI=1S/C15H19N3O3/c1-10(16)8-13(19)17-12-5-3-2-4-11(12)9-18-14(20)6-7-15(18)21/h2-5,10H,6-9,16H2,1H3,(H,17,19)/t10-/m1/s1. The number of hydrogen-bond acceptors (Lipinski definition) is 4. The lowest BCUT2D eigenvalue weighted by atomic mass is 10.1. The molecule has 0 aliphatic carbocycles. The van der Waals surface area contributed by atoms with Gasteiger partial charge in [0, 0.05) is 31.0 Å². The number of carbonyl (C=O) groups excluding carboxylic acids is 3. The van der Waals surface area contributed by atoms with Crippen molar-refractivity contribution in [1.29, 1.82) is 0 Å². The smallest absolute Gasteiger partial charge is 0.229 e. The highest BCUT2D eigenvalue weighted by molar-refractivity contribution is 6.02. The third kappa shape index (κ3) is 3.88. The molecule has 6 nitrogen and oxygen atoms in total. The van der Waals surface area contributed by atoms with Crippen molar-refractivity contribution in [2.45, 2.75) is 38.8 Å². The van der Waals surface area contributed by atoms with Crippen LogP contribution in [0.2, 0.25) is 0 Å². The summed E-state index contributed by atoms with van der Waals surface area (Å²) < 4.78 is 0. The average Bonchev–Trinajstić information content (AvgIpc) is 2.71. The maximum Gasteiger partial charge on any atom is 0.229 e. The quantitative estimate of drug-likeness (QED) is 0.791. The first-order valence-electron chi connectivity index (χ1n) is 6.94. The number of nitrogens with two attached hydrogens (primary N) is 1. The van der Waals surface area contributed by atoms with Crippen LogP contribution in [0.15, 0.2) is 24.3 Å². The van der Waals surface area contributed by atoms with E-state index in [2.05, 4.69) is 5.32 Å². The van der Waals surface area contributed by atoms with Crippen molar-refractivity contribution in [1.82, 2.24) is 4.90 Å².